The Kier molecular flexibility index (Phi) is 8.06. The molecule has 0 aliphatic carbocycles. The molecule has 1 aliphatic heterocycles. The van der Waals surface area contributed by atoms with Crippen molar-refractivity contribution < 1.29 is 9.32 Å². The Bertz CT molecular complexity index is 1300. The molecule has 0 unspecified atom stereocenters. The van der Waals surface area contributed by atoms with Gasteiger partial charge < -0.3 is 19.6 Å². The molecule has 1 fully saturated rings. The number of nitrogens with one attached hydrogen (secondary N) is 1. The molecule has 0 atom stereocenters. The van der Waals surface area contributed by atoms with Gasteiger partial charge in [0.05, 0.1) is 5.69 Å². The van der Waals surface area contributed by atoms with Gasteiger partial charge in [0, 0.05) is 39.3 Å². The first-order chi connectivity index (χ1) is 17.4. The standard InChI is InChI=1S/C24H32N8O4/c1-4-29-13-15-30(16-14-29)12-6-11-25-21(33)22-26-20(28-36-22)19-23(34)31(5-2)24(35)32(27-19)18-9-7-17(3)8-10-18/h7-10H,4-6,11-16H2,1-3H3,(H,25,33). The zero-order valence-corrected chi connectivity index (χ0v) is 20.9. The third-order valence-electron chi connectivity index (χ3n) is 6.34. The van der Waals surface area contributed by atoms with Crippen LogP contribution >= 0.6 is 0 Å². The summed E-state index contributed by atoms with van der Waals surface area (Å²) in [6.07, 6.45) is 0.795. The number of hydrogen-bond donors (Lipinski definition) is 1. The van der Waals surface area contributed by atoms with E-state index in [2.05, 4.69) is 37.3 Å². The van der Waals surface area contributed by atoms with Crippen LogP contribution in [0.1, 0.15) is 36.5 Å². The van der Waals surface area contributed by atoms with Gasteiger partial charge in [0.2, 0.25) is 5.82 Å². The van der Waals surface area contributed by atoms with Gasteiger partial charge in [-0.25, -0.2) is 4.79 Å². The molecule has 3 aromatic rings. The molecule has 0 radical (unpaired) electrons. The van der Waals surface area contributed by atoms with Crippen LogP contribution in [0, 0.1) is 6.92 Å². The third kappa shape index (κ3) is 5.60. The summed E-state index contributed by atoms with van der Waals surface area (Å²) < 4.78 is 7.27. The van der Waals surface area contributed by atoms with Gasteiger partial charge in [-0.15, -0.1) is 0 Å². The van der Waals surface area contributed by atoms with E-state index in [4.69, 9.17) is 4.52 Å². The molecule has 12 nitrogen and oxygen atoms in total. The van der Waals surface area contributed by atoms with Gasteiger partial charge >= 0.3 is 17.5 Å². The molecule has 2 aromatic heterocycles. The summed E-state index contributed by atoms with van der Waals surface area (Å²) >= 11 is 0. The molecule has 4 rings (SSSR count). The number of amides is 1. The predicted octanol–water partition coefficient (Wildman–Crippen LogP) is 0.530. The van der Waals surface area contributed by atoms with Crippen LogP contribution in [0.5, 0.6) is 0 Å². The van der Waals surface area contributed by atoms with E-state index in [0.29, 0.717) is 12.2 Å². The van der Waals surface area contributed by atoms with Crippen molar-refractivity contribution >= 4 is 5.91 Å². The van der Waals surface area contributed by atoms with Gasteiger partial charge in [-0.2, -0.15) is 14.8 Å². The molecule has 1 saturated heterocycles. The molecule has 36 heavy (non-hydrogen) atoms. The summed E-state index contributed by atoms with van der Waals surface area (Å²) in [4.78, 5) is 47.1. The van der Waals surface area contributed by atoms with Crippen LogP contribution in [0.25, 0.3) is 17.2 Å². The molecular weight excluding hydrogens is 464 g/mol. The lowest BCUT2D eigenvalue weighted by molar-refractivity contribution is 0.0904. The lowest BCUT2D eigenvalue weighted by Gasteiger charge is -2.33. The topological polar surface area (TPSA) is 131 Å². The number of likely N-dealkylation sites (N-methyl/N-ethyl adjacent to an activating group) is 1. The van der Waals surface area contributed by atoms with Crippen LogP contribution in [0.3, 0.4) is 0 Å². The summed E-state index contributed by atoms with van der Waals surface area (Å²) in [6, 6.07) is 7.15. The summed E-state index contributed by atoms with van der Waals surface area (Å²) in [6.45, 7) is 12.5. The maximum absolute atomic E-state index is 12.9. The van der Waals surface area contributed by atoms with Gasteiger partial charge in [0.25, 0.3) is 5.56 Å². The Hall–Kier alpha value is -3.64. The van der Waals surface area contributed by atoms with E-state index in [9.17, 15) is 14.4 Å². The Morgan fingerprint density at radius 1 is 1.03 bits per heavy atom. The highest BCUT2D eigenvalue weighted by atomic mass is 16.5. The van der Waals surface area contributed by atoms with Crippen LogP contribution in [0.4, 0.5) is 0 Å². The molecule has 0 bridgehead atoms. The van der Waals surface area contributed by atoms with Crippen molar-refractivity contribution in [2.45, 2.75) is 33.7 Å². The zero-order chi connectivity index (χ0) is 25.7. The smallest absolute Gasteiger partial charge is 0.348 e. The Morgan fingerprint density at radius 2 is 1.72 bits per heavy atom. The maximum Gasteiger partial charge on any atom is 0.352 e. The van der Waals surface area contributed by atoms with Crippen molar-refractivity contribution in [2.75, 3.05) is 45.8 Å². The second-order valence-electron chi connectivity index (χ2n) is 8.74. The van der Waals surface area contributed by atoms with E-state index in [1.54, 1.807) is 19.1 Å². The summed E-state index contributed by atoms with van der Waals surface area (Å²) in [5.41, 5.74) is 0.107. The van der Waals surface area contributed by atoms with E-state index < -0.39 is 17.2 Å². The molecule has 1 aliphatic rings. The van der Waals surface area contributed by atoms with E-state index in [1.165, 1.54) is 0 Å². The Morgan fingerprint density at radius 3 is 2.39 bits per heavy atom. The highest BCUT2D eigenvalue weighted by Crippen LogP contribution is 2.11. The molecule has 1 aromatic carbocycles. The number of aromatic nitrogens is 5. The molecule has 0 saturated carbocycles. The highest BCUT2D eigenvalue weighted by Gasteiger charge is 2.22. The lowest BCUT2D eigenvalue weighted by Crippen LogP contribution is -2.46. The van der Waals surface area contributed by atoms with E-state index in [-0.39, 0.29) is 24.0 Å². The predicted molar refractivity (Wildman–Crippen MR) is 133 cm³/mol. The first-order valence-corrected chi connectivity index (χ1v) is 12.3. The summed E-state index contributed by atoms with van der Waals surface area (Å²) in [5, 5.41) is 10.8. The largest absolute Gasteiger partial charge is 0.352 e. The third-order valence-corrected chi connectivity index (χ3v) is 6.34. The SMILES string of the molecule is CCN1CCN(CCCNC(=O)c2nc(-c3nn(-c4ccc(C)cc4)c(=O)n(CC)c3=O)no2)CC1. The summed E-state index contributed by atoms with van der Waals surface area (Å²) in [5.74, 6) is -0.937. The molecule has 192 valence electrons. The zero-order valence-electron chi connectivity index (χ0n) is 20.9. The average Bonchev–Trinajstić information content (AvgIpc) is 3.38. The minimum Gasteiger partial charge on any atom is -0.348 e. The van der Waals surface area contributed by atoms with Crippen molar-refractivity contribution in [1.29, 1.82) is 0 Å². The number of rotatable bonds is 9. The number of piperazine rings is 1. The quantitative estimate of drug-likeness (QED) is 0.421. The molecule has 1 amide bonds. The number of carbonyl (C=O) groups excluding carboxylic acids is 1. The van der Waals surface area contributed by atoms with Crippen LogP contribution in [-0.4, -0.2) is 86.0 Å². The summed E-state index contributed by atoms with van der Waals surface area (Å²) in [7, 11) is 0. The lowest BCUT2D eigenvalue weighted by atomic mass is 10.2. The molecular formula is C24H32N8O4. The Balaban J connectivity index is 1.44. The molecule has 0 spiro atoms. The van der Waals surface area contributed by atoms with Crippen LogP contribution in [0.15, 0.2) is 38.4 Å². The number of hydrogen-bond acceptors (Lipinski definition) is 9. The number of carbonyl (C=O) groups is 1. The van der Waals surface area contributed by atoms with Crippen molar-refractivity contribution in [3.63, 3.8) is 0 Å². The first kappa shape index (κ1) is 25.5. The van der Waals surface area contributed by atoms with E-state index in [0.717, 1.165) is 60.5 Å². The van der Waals surface area contributed by atoms with Crippen LogP contribution < -0.4 is 16.6 Å². The minimum absolute atomic E-state index is 0.137. The second kappa shape index (κ2) is 11.4. The molecule has 3 heterocycles. The van der Waals surface area contributed by atoms with Gasteiger partial charge in [-0.3, -0.25) is 14.2 Å². The molecule has 1 N–H and O–H groups in total. The van der Waals surface area contributed by atoms with Gasteiger partial charge in [-0.1, -0.05) is 29.8 Å². The Labute approximate surface area is 208 Å². The van der Waals surface area contributed by atoms with Crippen molar-refractivity contribution in [3.05, 3.63) is 56.6 Å². The second-order valence-corrected chi connectivity index (χ2v) is 8.74. The van der Waals surface area contributed by atoms with Crippen molar-refractivity contribution in [2.24, 2.45) is 0 Å². The van der Waals surface area contributed by atoms with E-state index >= 15 is 0 Å². The fourth-order valence-electron chi connectivity index (χ4n) is 4.11. The van der Waals surface area contributed by atoms with Gasteiger partial charge in [-0.05, 0) is 45.5 Å². The number of aryl methyl sites for hydroxylation is 1. The monoisotopic (exact) mass is 496 g/mol. The van der Waals surface area contributed by atoms with Gasteiger partial charge in [0.15, 0.2) is 5.69 Å². The maximum atomic E-state index is 12.9. The normalized spacial score (nSPS) is 14.8. The van der Waals surface area contributed by atoms with Crippen LogP contribution in [-0.2, 0) is 6.54 Å². The van der Waals surface area contributed by atoms with Crippen molar-refractivity contribution in [3.8, 4) is 17.2 Å². The molecule has 12 heteroatoms. The van der Waals surface area contributed by atoms with Gasteiger partial charge in [0.1, 0.15) is 0 Å². The average molecular weight is 497 g/mol. The van der Waals surface area contributed by atoms with E-state index in [1.807, 2.05) is 19.1 Å². The minimum atomic E-state index is -0.651. The van der Waals surface area contributed by atoms with Crippen molar-refractivity contribution in [1.82, 2.24) is 39.6 Å². The number of benzene rings is 1. The highest BCUT2D eigenvalue weighted by molar-refractivity contribution is 5.89. The fourth-order valence-corrected chi connectivity index (χ4v) is 4.11. The first-order valence-electron chi connectivity index (χ1n) is 12.3. The fraction of sp³-hybridized carbons (Fsp3) is 0.500. The van der Waals surface area contributed by atoms with Crippen LogP contribution in [0.2, 0.25) is 0 Å². The number of nitrogens with zero attached hydrogens (tertiary/aromatic N) is 7.